The van der Waals surface area contributed by atoms with Crippen LogP contribution in [-0.2, 0) is 0 Å². The average molecular weight is 276 g/mol. The number of urea groups is 1. The number of hydrogen-bond donors (Lipinski definition) is 1. The standard InChI is InChI=1S/C14H17FN4O/c1-11(10-16)18-5-7-19(8-6-18)14(20)17-13-4-2-3-12(15)9-13/h2-4,9,11H,5-8H2,1H3,(H,17,20). The van der Waals surface area contributed by atoms with E-state index in [0.717, 1.165) is 0 Å². The second-order valence-electron chi connectivity index (χ2n) is 4.77. The minimum atomic E-state index is -0.379. The summed E-state index contributed by atoms with van der Waals surface area (Å²) in [6.45, 7) is 4.32. The number of nitrogens with one attached hydrogen (secondary N) is 1. The number of halogens is 1. The first-order chi connectivity index (χ1) is 9.60. The maximum Gasteiger partial charge on any atom is 0.321 e. The molecule has 2 amide bonds. The van der Waals surface area contributed by atoms with E-state index in [4.69, 9.17) is 5.26 Å². The summed E-state index contributed by atoms with van der Waals surface area (Å²) in [6, 6.07) is 7.63. The molecule has 5 nitrogen and oxygen atoms in total. The van der Waals surface area contributed by atoms with Gasteiger partial charge in [-0.15, -0.1) is 0 Å². The Labute approximate surface area is 117 Å². The summed E-state index contributed by atoms with van der Waals surface area (Å²) in [6.07, 6.45) is 0. The van der Waals surface area contributed by atoms with Gasteiger partial charge in [0.15, 0.2) is 0 Å². The lowest BCUT2D eigenvalue weighted by Gasteiger charge is -2.35. The SMILES string of the molecule is CC(C#N)N1CCN(C(=O)Nc2cccc(F)c2)CC1. The third-order valence-electron chi connectivity index (χ3n) is 3.41. The third-order valence-corrected chi connectivity index (χ3v) is 3.41. The van der Waals surface area contributed by atoms with E-state index in [1.807, 2.05) is 11.8 Å². The maximum atomic E-state index is 13.0. The molecule has 1 fully saturated rings. The Hall–Kier alpha value is -2.13. The van der Waals surface area contributed by atoms with Crippen molar-refractivity contribution in [2.45, 2.75) is 13.0 Å². The Balaban J connectivity index is 1.88. The van der Waals surface area contributed by atoms with Crippen molar-refractivity contribution in [2.24, 2.45) is 0 Å². The molecule has 106 valence electrons. The summed E-state index contributed by atoms with van der Waals surface area (Å²) >= 11 is 0. The Morgan fingerprint density at radius 2 is 2.10 bits per heavy atom. The van der Waals surface area contributed by atoms with Gasteiger partial charge in [-0.2, -0.15) is 5.26 Å². The van der Waals surface area contributed by atoms with E-state index in [1.54, 1.807) is 17.0 Å². The van der Waals surface area contributed by atoms with Crippen LogP contribution in [0, 0.1) is 17.1 Å². The zero-order valence-corrected chi connectivity index (χ0v) is 11.3. The first kappa shape index (κ1) is 14.3. The lowest BCUT2D eigenvalue weighted by atomic mass is 10.2. The van der Waals surface area contributed by atoms with E-state index in [0.29, 0.717) is 31.9 Å². The number of carbonyl (C=O) groups is 1. The van der Waals surface area contributed by atoms with Gasteiger partial charge in [-0.05, 0) is 25.1 Å². The zero-order chi connectivity index (χ0) is 14.5. The smallest absolute Gasteiger partial charge is 0.321 e. The van der Waals surface area contributed by atoms with Crippen LogP contribution in [0.4, 0.5) is 14.9 Å². The van der Waals surface area contributed by atoms with Gasteiger partial charge in [0, 0.05) is 31.9 Å². The van der Waals surface area contributed by atoms with Gasteiger partial charge in [0.2, 0.25) is 0 Å². The van der Waals surface area contributed by atoms with E-state index in [2.05, 4.69) is 11.4 Å². The quantitative estimate of drug-likeness (QED) is 0.897. The predicted octanol–water partition coefficient (Wildman–Crippen LogP) is 1.89. The molecule has 1 aliphatic rings. The molecular formula is C14H17FN4O. The summed E-state index contributed by atoms with van der Waals surface area (Å²) in [7, 11) is 0. The van der Waals surface area contributed by atoms with Gasteiger partial charge < -0.3 is 10.2 Å². The molecule has 1 unspecified atom stereocenters. The monoisotopic (exact) mass is 276 g/mol. The van der Waals surface area contributed by atoms with Crippen LogP contribution in [0.5, 0.6) is 0 Å². The second-order valence-corrected chi connectivity index (χ2v) is 4.77. The summed E-state index contributed by atoms with van der Waals surface area (Å²) in [4.78, 5) is 15.7. The van der Waals surface area contributed by atoms with Crippen LogP contribution >= 0.6 is 0 Å². The maximum absolute atomic E-state index is 13.0. The van der Waals surface area contributed by atoms with Crippen LogP contribution in [0.25, 0.3) is 0 Å². The highest BCUT2D eigenvalue weighted by molar-refractivity contribution is 5.89. The highest BCUT2D eigenvalue weighted by Crippen LogP contribution is 2.12. The number of hydrogen-bond acceptors (Lipinski definition) is 3. The van der Waals surface area contributed by atoms with Gasteiger partial charge in [-0.25, -0.2) is 9.18 Å². The molecule has 1 aromatic rings. The Morgan fingerprint density at radius 3 is 2.70 bits per heavy atom. The number of nitrogens with zero attached hydrogens (tertiary/aromatic N) is 3. The molecule has 1 atom stereocenters. The molecule has 0 spiro atoms. The van der Waals surface area contributed by atoms with Gasteiger partial charge in [-0.3, -0.25) is 4.90 Å². The molecular weight excluding hydrogens is 259 g/mol. The van der Waals surface area contributed by atoms with Crippen molar-refractivity contribution in [3.63, 3.8) is 0 Å². The molecule has 1 aromatic carbocycles. The molecule has 0 aromatic heterocycles. The number of benzene rings is 1. The van der Waals surface area contributed by atoms with Crippen molar-refractivity contribution >= 4 is 11.7 Å². The molecule has 0 radical (unpaired) electrons. The summed E-state index contributed by atoms with van der Waals surface area (Å²) < 4.78 is 13.0. The Bertz CT molecular complexity index is 520. The number of amides is 2. The number of nitriles is 1. The Morgan fingerprint density at radius 1 is 1.40 bits per heavy atom. The van der Waals surface area contributed by atoms with Crippen LogP contribution < -0.4 is 5.32 Å². The van der Waals surface area contributed by atoms with Crippen molar-refractivity contribution < 1.29 is 9.18 Å². The number of carbonyl (C=O) groups excluding carboxylic acids is 1. The largest absolute Gasteiger partial charge is 0.322 e. The summed E-state index contributed by atoms with van der Waals surface area (Å²) in [5.41, 5.74) is 0.447. The highest BCUT2D eigenvalue weighted by Gasteiger charge is 2.23. The molecule has 2 rings (SSSR count). The first-order valence-corrected chi connectivity index (χ1v) is 6.55. The fourth-order valence-electron chi connectivity index (χ4n) is 2.16. The van der Waals surface area contributed by atoms with Crippen molar-refractivity contribution in [3.8, 4) is 6.07 Å². The minimum Gasteiger partial charge on any atom is -0.322 e. The van der Waals surface area contributed by atoms with Crippen LogP contribution in [0.3, 0.4) is 0 Å². The summed E-state index contributed by atoms with van der Waals surface area (Å²) in [5, 5.41) is 11.5. The zero-order valence-electron chi connectivity index (χ0n) is 11.3. The molecule has 6 heteroatoms. The molecule has 1 N–H and O–H groups in total. The van der Waals surface area contributed by atoms with Gasteiger partial charge >= 0.3 is 6.03 Å². The van der Waals surface area contributed by atoms with Crippen molar-refractivity contribution in [2.75, 3.05) is 31.5 Å². The van der Waals surface area contributed by atoms with Gasteiger partial charge in [0.25, 0.3) is 0 Å². The van der Waals surface area contributed by atoms with Gasteiger partial charge in [0.1, 0.15) is 5.82 Å². The van der Waals surface area contributed by atoms with Crippen LogP contribution in [0.1, 0.15) is 6.92 Å². The lowest BCUT2D eigenvalue weighted by Crippen LogP contribution is -2.52. The topological polar surface area (TPSA) is 59.4 Å². The lowest BCUT2D eigenvalue weighted by molar-refractivity contribution is 0.135. The molecule has 0 saturated carbocycles. The Kier molecular flexibility index (Phi) is 4.53. The van der Waals surface area contributed by atoms with Crippen molar-refractivity contribution in [1.82, 2.24) is 9.80 Å². The van der Waals surface area contributed by atoms with Crippen molar-refractivity contribution in [1.29, 1.82) is 5.26 Å². The number of anilines is 1. The number of rotatable bonds is 2. The summed E-state index contributed by atoms with van der Waals surface area (Å²) in [5.74, 6) is -0.379. The van der Waals surface area contributed by atoms with Gasteiger partial charge in [0.05, 0.1) is 12.1 Å². The molecule has 1 aliphatic heterocycles. The van der Waals surface area contributed by atoms with Crippen molar-refractivity contribution in [3.05, 3.63) is 30.1 Å². The highest BCUT2D eigenvalue weighted by atomic mass is 19.1. The molecule has 20 heavy (non-hydrogen) atoms. The second kappa shape index (κ2) is 6.35. The van der Waals surface area contributed by atoms with Crippen LogP contribution in [0.15, 0.2) is 24.3 Å². The van der Waals surface area contributed by atoms with E-state index in [-0.39, 0.29) is 17.9 Å². The van der Waals surface area contributed by atoms with E-state index < -0.39 is 0 Å². The average Bonchev–Trinajstić information content (AvgIpc) is 2.46. The number of piperazine rings is 1. The minimum absolute atomic E-state index is 0.136. The normalized spacial score (nSPS) is 17.4. The van der Waals surface area contributed by atoms with E-state index in [1.165, 1.54) is 12.1 Å². The van der Waals surface area contributed by atoms with Crippen LogP contribution in [-0.4, -0.2) is 48.1 Å². The molecule has 0 bridgehead atoms. The van der Waals surface area contributed by atoms with Crippen LogP contribution in [0.2, 0.25) is 0 Å². The molecule has 0 aliphatic carbocycles. The van der Waals surface area contributed by atoms with Gasteiger partial charge in [-0.1, -0.05) is 6.07 Å². The fourth-order valence-corrected chi connectivity index (χ4v) is 2.16. The third kappa shape index (κ3) is 3.45. The predicted molar refractivity (Wildman–Crippen MR) is 73.6 cm³/mol. The van der Waals surface area contributed by atoms with E-state index >= 15 is 0 Å². The molecule has 1 saturated heterocycles. The fraction of sp³-hybridized carbons (Fsp3) is 0.429. The first-order valence-electron chi connectivity index (χ1n) is 6.55. The molecule has 1 heterocycles. The van der Waals surface area contributed by atoms with E-state index in [9.17, 15) is 9.18 Å².